The average molecular weight is 112 g/mol. The summed E-state index contributed by atoms with van der Waals surface area (Å²) in [6, 6.07) is 0. The molecule has 0 bridgehead atoms. The van der Waals surface area contributed by atoms with Gasteiger partial charge in [-0.15, -0.1) is 0 Å². The number of hydrogen-bond donors (Lipinski definition) is 2. The van der Waals surface area contributed by atoms with E-state index >= 15 is 0 Å². The lowest BCUT2D eigenvalue weighted by Crippen LogP contribution is -2.46. The van der Waals surface area contributed by atoms with E-state index in [0.717, 1.165) is 13.1 Å². The Labute approximate surface area is 49.8 Å². The molecule has 0 amide bonds. The molecule has 1 atom stereocenters. The largest absolute Gasteiger partial charge is 0.321 e. The summed E-state index contributed by atoms with van der Waals surface area (Å²) in [4.78, 5) is 0. The minimum atomic E-state index is -0.113. The van der Waals surface area contributed by atoms with Crippen LogP contribution in [0.15, 0.2) is 12.2 Å². The zero-order valence-corrected chi connectivity index (χ0v) is 5.15. The Bertz CT molecular complexity index is 105. The molecule has 0 saturated carbocycles. The summed E-state index contributed by atoms with van der Waals surface area (Å²) in [6.07, 6.45) is 4.10. The summed E-state index contributed by atoms with van der Waals surface area (Å²) in [5.74, 6) is 0. The molecule has 1 unspecified atom stereocenters. The number of nitrogens with one attached hydrogen (secondary N) is 1. The van der Waals surface area contributed by atoms with Gasteiger partial charge >= 0.3 is 0 Å². The Kier molecular flexibility index (Phi) is 1.36. The average Bonchev–Trinajstić information content (AvgIpc) is 1.65. The molecular formula is C6H12N2. The van der Waals surface area contributed by atoms with Crippen LogP contribution in [0.2, 0.25) is 0 Å². The maximum atomic E-state index is 5.73. The van der Waals surface area contributed by atoms with Crippen LogP contribution in [0.4, 0.5) is 0 Å². The fraction of sp³-hybridized carbons (Fsp3) is 0.667. The number of hydrogen-bond acceptors (Lipinski definition) is 2. The van der Waals surface area contributed by atoms with Gasteiger partial charge in [-0.1, -0.05) is 12.2 Å². The summed E-state index contributed by atoms with van der Waals surface area (Å²) in [7, 11) is 0. The Morgan fingerprint density at radius 1 is 1.75 bits per heavy atom. The SMILES string of the molecule is CC1(N)C=CCNC1. The number of rotatable bonds is 0. The van der Waals surface area contributed by atoms with Crippen molar-refractivity contribution in [1.82, 2.24) is 5.32 Å². The van der Waals surface area contributed by atoms with Crippen LogP contribution in [0, 0.1) is 0 Å². The standard InChI is InChI=1S/C6H12N2/c1-6(7)3-2-4-8-5-6/h2-3,8H,4-5,7H2,1H3. The molecule has 1 aliphatic rings. The molecule has 0 spiro atoms. The van der Waals surface area contributed by atoms with E-state index in [9.17, 15) is 0 Å². The van der Waals surface area contributed by atoms with Crippen LogP contribution in [0.3, 0.4) is 0 Å². The molecule has 3 N–H and O–H groups in total. The van der Waals surface area contributed by atoms with Crippen molar-refractivity contribution in [1.29, 1.82) is 0 Å². The first-order valence-electron chi connectivity index (χ1n) is 2.88. The van der Waals surface area contributed by atoms with E-state index in [-0.39, 0.29) is 5.54 Å². The van der Waals surface area contributed by atoms with Gasteiger partial charge in [-0.3, -0.25) is 0 Å². The van der Waals surface area contributed by atoms with Gasteiger partial charge in [0.25, 0.3) is 0 Å². The highest BCUT2D eigenvalue weighted by Gasteiger charge is 2.14. The second-order valence-electron chi connectivity index (χ2n) is 2.54. The van der Waals surface area contributed by atoms with Crippen molar-refractivity contribution in [2.24, 2.45) is 5.73 Å². The third-order valence-corrected chi connectivity index (χ3v) is 1.27. The molecular weight excluding hydrogens is 100 g/mol. The molecule has 1 heterocycles. The van der Waals surface area contributed by atoms with Crippen LogP contribution in [-0.2, 0) is 0 Å². The molecule has 46 valence electrons. The lowest BCUT2D eigenvalue weighted by atomic mass is 10.0. The van der Waals surface area contributed by atoms with Crippen LogP contribution >= 0.6 is 0 Å². The monoisotopic (exact) mass is 112 g/mol. The Morgan fingerprint density at radius 3 is 2.75 bits per heavy atom. The predicted octanol–water partition coefficient (Wildman–Crippen LogP) is -0.137. The van der Waals surface area contributed by atoms with Crippen molar-refractivity contribution >= 4 is 0 Å². The van der Waals surface area contributed by atoms with Crippen molar-refractivity contribution in [3.63, 3.8) is 0 Å². The van der Waals surface area contributed by atoms with Crippen LogP contribution in [0.1, 0.15) is 6.92 Å². The van der Waals surface area contributed by atoms with E-state index in [2.05, 4.69) is 11.4 Å². The molecule has 0 radical (unpaired) electrons. The van der Waals surface area contributed by atoms with Gasteiger partial charge in [-0.05, 0) is 6.92 Å². The smallest absolute Gasteiger partial charge is 0.0437 e. The van der Waals surface area contributed by atoms with E-state index in [4.69, 9.17) is 5.73 Å². The first-order chi connectivity index (χ1) is 3.71. The van der Waals surface area contributed by atoms with Crippen molar-refractivity contribution < 1.29 is 0 Å². The predicted molar refractivity (Wildman–Crippen MR) is 34.6 cm³/mol. The Hall–Kier alpha value is -0.340. The zero-order valence-electron chi connectivity index (χ0n) is 5.15. The molecule has 1 rings (SSSR count). The molecule has 1 aliphatic heterocycles. The van der Waals surface area contributed by atoms with Crippen LogP contribution in [-0.4, -0.2) is 18.6 Å². The van der Waals surface area contributed by atoms with Crippen molar-refractivity contribution in [3.8, 4) is 0 Å². The van der Waals surface area contributed by atoms with Gasteiger partial charge in [-0.25, -0.2) is 0 Å². The highest BCUT2D eigenvalue weighted by Crippen LogP contribution is 2.01. The van der Waals surface area contributed by atoms with E-state index in [0.29, 0.717) is 0 Å². The fourth-order valence-electron chi connectivity index (χ4n) is 0.812. The van der Waals surface area contributed by atoms with Gasteiger partial charge in [-0.2, -0.15) is 0 Å². The number of nitrogens with two attached hydrogens (primary N) is 1. The summed E-state index contributed by atoms with van der Waals surface area (Å²) < 4.78 is 0. The molecule has 2 nitrogen and oxygen atoms in total. The van der Waals surface area contributed by atoms with Gasteiger partial charge in [0, 0.05) is 18.6 Å². The third-order valence-electron chi connectivity index (χ3n) is 1.27. The topological polar surface area (TPSA) is 38.0 Å². The first kappa shape index (κ1) is 5.79. The summed E-state index contributed by atoms with van der Waals surface area (Å²) in [6.45, 7) is 3.87. The summed E-state index contributed by atoms with van der Waals surface area (Å²) >= 11 is 0. The quantitative estimate of drug-likeness (QED) is 0.428. The van der Waals surface area contributed by atoms with E-state index in [1.165, 1.54) is 0 Å². The van der Waals surface area contributed by atoms with Crippen molar-refractivity contribution in [2.75, 3.05) is 13.1 Å². The van der Waals surface area contributed by atoms with E-state index < -0.39 is 0 Å². The Morgan fingerprint density at radius 2 is 2.50 bits per heavy atom. The molecule has 0 saturated heterocycles. The van der Waals surface area contributed by atoms with Gasteiger partial charge in [0.2, 0.25) is 0 Å². The normalized spacial score (nSPS) is 37.8. The van der Waals surface area contributed by atoms with Crippen molar-refractivity contribution in [3.05, 3.63) is 12.2 Å². The maximum Gasteiger partial charge on any atom is 0.0437 e. The molecule has 0 aromatic heterocycles. The summed E-state index contributed by atoms with van der Waals surface area (Å²) in [5.41, 5.74) is 5.62. The molecule has 0 fully saturated rings. The zero-order chi connectivity index (χ0) is 6.04. The molecule has 0 aromatic carbocycles. The fourth-order valence-corrected chi connectivity index (χ4v) is 0.812. The maximum absolute atomic E-state index is 5.73. The van der Waals surface area contributed by atoms with Crippen LogP contribution in [0.25, 0.3) is 0 Å². The molecule has 2 heteroatoms. The minimum Gasteiger partial charge on any atom is -0.321 e. The van der Waals surface area contributed by atoms with Crippen LogP contribution in [0.5, 0.6) is 0 Å². The van der Waals surface area contributed by atoms with E-state index in [1.807, 2.05) is 13.0 Å². The highest BCUT2D eigenvalue weighted by atomic mass is 14.9. The third kappa shape index (κ3) is 1.32. The highest BCUT2D eigenvalue weighted by molar-refractivity contribution is 5.07. The lowest BCUT2D eigenvalue weighted by molar-refractivity contribution is 0.511. The van der Waals surface area contributed by atoms with Gasteiger partial charge in [0.1, 0.15) is 0 Å². The molecule has 0 aromatic rings. The second kappa shape index (κ2) is 1.88. The molecule has 0 aliphatic carbocycles. The van der Waals surface area contributed by atoms with Crippen LogP contribution < -0.4 is 11.1 Å². The molecule has 8 heavy (non-hydrogen) atoms. The second-order valence-corrected chi connectivity index (χ2v) is 2.54. The minimum absolute atomic E-state index is 0.113. The summed E-state index contributed by atoms with van der Waals surface area (Å²) in [5, 5.41) is 3.16. The van der Waals surface area contributed by atoms with E-state index in [1.54, 1.807) is 0 Å². The van der Waals surface area contributed by atoms with Gasteiger partial charge in [0.05, 0.1) is 0 Å². The lowest BCUT2D eigenvalue weighted by Gasteiger charge is -2.23. The van der Waals surface area contributed by atoms with Gasteiger partial charge < -0.3 is 11.1 Å². The Balaban J connectivity index is 2.56. The van der Waals surface area contributed by atoms with Crippen molar-refractivity contribution in [2.45, 2.75) is 12.5 Å². The van der Waals surface area contributed by atoms with Gasteiger partial charge in [0.15, 0.2) is 0 Å². The first-order valence-corrected chi connectivity index (χ1v) is 2.88.